The van der Waals surface area contributed by atoms with Crippen molar-refractivity contribution in [3.8, 4) is 22.1 Å². The first kappa shape index (κ1) is 21.3. The van der Waals surface area contributed by atoms with Gasteiger partial charge in [0.1, 0.15) is 5.01 Å². The maximum Gasteiger partial charge on any atom is 0.413 e. The van der Waals surface area contributed by atoms with E-state index in [2.05, 4.69) is 15.5 Å². The zero-order valence-corrected chi connectivity index (χ0v) is 18.6. The van der Waals surface area contributed by atoms with Crippen LogP contribution in [0.5, 0.6) is 11.5 Å². The molecule has 8 nitrogen and oxygen atoms in total. The lowest BCUT2D eigenvalue weighted by Gasteiger charge is -2.09. The minimum atomic E-state index is -0.532. The highest BCUT2D eigenvalue weighted by Crippen LogP contribution is 2.35. The summed E-state index contributed by atoms with van der Waals surface area (Å²) in [6, 6.07) is 5.80. The summed E-state index contributed by atoms with van der Waals surface area (Å²) in [4.78, 5) is 16.1. The van der Waals surface area contributed by atoms with Crippen molar-refractivity contribution in [3.05, 3.63) is 29.3 Å². The number of hydrogen-bond donors (Lipinski definition) is 1. The Labute approximate surface area is 180 Å². The van der Waals surface area contributed by atoms with Gasteiger partial charge in [-0.1, -0.05) is 23.1 Å². The summed E-state index contributed by atoms with van der Waals surface area (Å²) in [6.45, 7) is 4.56. The number of nitrogens with zero attached hydrogens (tertiary/aromatic N) is 3. The second-order valence-corrected chi connectivity index (χ2v) is 8.51. The van der Waals surface area contributed by atoms with Gasteiger partial charge in [-0.15, -0.1) is 21.5 Å². The molecule has 0 unspecified atom stereocenters. The van der Waals surface area contributed by atoms with Crippen LogP contribution in [0.2, 0.25) is 0 Å². The van der Waals surface area contributed by atoms with Crippen molar-refractivity contribution in [1.82, 2.24) is 15.2 Å². The van der Waals surface area contributed by atoms with E-state index in [0.29, 0.717) is 29.8 Å². The molecule has 1 amide bonds. The Morgan fingerprint density at radius 3 is 2.83 bits per heavy atom. The van der Waals surface area contributed by atoms with Gasteiger partial charge in [0.2, 0.25) is 5.13 Å². The van der Waals surface area contributed by atoms with E-state index in [-0.39, 0.29) is 0 Å². The summed E-state index contributed by atoms with van der Waals surface area (Å²) in [6.07, 6.45) is -0.532. The number of carbonyl (C=O) groups is 1. The molecule has 29 heavy (non-hydrogen) atoms. The van der Waals surface area contributed by atoms with Crippen LogP contribution < -0.4 is 14.8 Å². The minimum absolute atomic E-state index is 0.304. The molecule has 2 aromatic heterocycles. The predicted molar refractivity (Wildman–Crippen MR) is 115 cm³/mol. The number of ether oxygens (including phenoxy) is 3. The zero-order valence-electron chi connectivity index (χ0n) is 16.1. The fourth-order valence-electron chi connectivity index (χ4n) is 2.29. The number of aromatic nitrogens is 3. The van der Waals surface area contributed by atoms with Gasteiger partial charge in [-0.3, -0.25) is 5.32 Å². The molecule has 0 spiro atoms. The second kappa shape index (κ2) is 10.4. The highest BCUT2D eigenvalue weighted by Gasteiger charge is 2.12. The third-order valence-corrected chi connectivity index (χ3v) is 6.44. The number of amides is 1. The van der Waals surface area contributed by atoms with Gasteiger partial charge in [-0.25, -0.2) is 9.78 Å². The summed E-state index contributed by atoms with van der Waals surface area (Å²) in [5.41, 5.74) is 1.92. The van der Waals surface area contributed by atoms with Crippen molar-refractivity contribution in [2.45, 2.75) is 23.9 Å². The smallest absolute Gasteiger partial charge is 0.413 e. The number of thiazole rings is 1. The van der Waals surface area contributed by atoms with Gasteiger partial charge in [0.15, 0.2) is 15.8 Å². The molecular formula is C18H20N4O4S3. The van der Waals surface area contributed by atoms with Crippen molar-refractivity contribution < 1.29 is 19.0 Å². The first-order chi connectivity index (χ1) is 14.1. The lowest BCUT2D eigenvalue weighted by atomic mass is 10.2. The number of thioether (sulfide) groups is 1. The molecule has 0 fully saturated rings. The van der Waals surface area contributed by atoms with Gasteiger partial charge in [0.25, 0.3) is 0 Å². The van der Waals surface area contributed by atoms with Gasteiger partial charge in [-0.05, 0) is 32.0 Å². The number of carbonyl (C=O) groups excluding carboxylic acids is 1. The number of methoxy groups -OCH3 is 1. The van der Waals surface area contributed by atoms with Gasteiger partial charge >= 0.3 is 6.09 Å². The largest absolute Gasteiger partial charge is 0.493 e. The molecule has 3 rings (SSSR count). The number of rotatable bonds is 9. The minimum Gasteiger partial charge on any atom is -0.493 e. The summed E-state index contributed by atoms with van der Waals surface area (Å²) in [5.74, 6) is 2.05. The molecule has 2 heterocycles. The van der Waals surface area contributed by atoms with Crippen molar-refractivity contribution in [1.29, 1.82) is 0 Å². The summed E-state index contributed by atoms with van der Waals surface area (Å²) < 4.78 is 16.5. The number of benzene rings is 1. The highest BCUT2D eigenvalue weighted by atomic mass is 32.2. The SMILES string of the molecule is CCOC(=O)Nc1nnc(SCc2csc(-c3ccc(OCC)c(OC)c3)n2)s1. The topological polar surface area (TPSA) is 95.5 Å². The molecule has 3 aromatic rings. The maximum atomic E-state index is 11.4. The van der Waals surface area contributed by atoms with Crippen LogP contribution >= 0.6 is 34.4 Å². The van der Waals surface area contributed by atoms with Crippen molar-refractivity contribution >= 4 is 45.7 Å². The first-order valence-electron chi connectivity index (χ1n) is 8.78. The summed E-state index contributed by atoms with van der Waals surface area (Å²) in [5, 5.41) is 13.9. The molecule has 1 aromatic carbocycles. The molecular weight excluding hydrogens is 432 g/mol. The summed E-state index contributed by atoms with van der Waals surface area (Å²) in [7, 11) is 1.62. The van der Waals surface area contributed by atoms with Crippen LogP contribution in [-0.4, -0.2) is 41.6 Å². The van der Waals surface area contributed by atoms with Crippen LogP contribution in [0.25, 0.3) is 10.6 Å². The van der Waals surface area contributed by atoms with E-state index in [1.54, 1.807) is 25.4 Å². The molecule has 0 aliphatic carbocycles. The van der Waals surface area contributed by atoms with Crippen molar-refractivity contribution in [2.24, 2.45) is 0 Å². The molecule has 0 atom stereocenters. The Morgan fingerprint density at radius 1 is 1.21 bits per heavy atom. The van der Waals surface area contributed by atoms with Crippen molar-refractivity contribution in [3.63, 3.8) is 0 Å². The Hall–Kier alpha value is -2.37. The Kier molecular flexibility index (Phi) is 7.67. The molecule has 1 N–H and O–H groups in total. The molecule has 154 valence electrons. The van der Waals surface area contributed by atoms with Gasteiger partial charge in [-0.2, -0.15) is 0 Å². The maximum absolute atomic E-state index is 11.4. The zero-order chi connectivity index (χ0) is 20.6. The Bertz CT molecular complexity index is 960. The molecule has 0 radical (unpaired) electrons. The predicted octanol–water partition coefficient (Wildman–Crippen LogP) is 4.93. The number of nitrogens with one attached hydrogen (secondary N) is 1. The van der Waals surface area contributed by atoms with E-state index in [1.807, 2.05) is 30.5 Å². The third-order valence-electron chi connectivity index (χ3n) is 3.50. The van der Waals surface area contributed by atoms with E-state index in [4.69, 9.17) is 19.2 Å². The Balaban J connectivity index is 1.61. The van der Waals surface area contributed by atoms with Gasteiger partial charge in [0, 0.05) is 16.7 Å². The monoisotopic (exact) mass is 452 g/mol. The first-order valence-corrected chi connectivity index (χ1v) is 11.5. The number of hydrogen-bond acceptors (Lipinski definition) is 10. The van der Waals surface area contributed by atoms with Gasteiger partial charge < -0.3 is 14.2 Å². The van der Waals surface area contributed by atoms with E-state index in [0.717, 1.165) is 26.4 Å². The molecule has 0 aliphatic rings. The van der Waals surface area contributed by atoms with E-state index in [1.165, 1.54) is 23.1 Å². The lowest BCUT2D eigenvalue weighted by molar-refractivity contribution is 0.168. The van der Waals surface area contributed by atoms with Crippen LogP contribution in [0, 0.1) is 0 Å². The Morgan fingerprint density at radius 2 is 2.07 bits per heavy atom. The third kappa shape index (κ3) is 5.81. The van der Waals surface area contributed by atoms with Crippen LogP contribution in [0.4, 0.5) is 9.93 Å². The van der Waals surface area contributed by atoms with Crippen LogP contribution in [0.3, 0.4) is 0 Å². The standard InChI is InChI=1S/C18H20N4O4S3/c1-4-25-13-7-6-11(8-14(13)24-3)15-19-12(9-27-15)10-28-18-22-21-16(29-18)20-17(23)26-5-2/h6-9H,4-5,10H2,1-3H3,(H,20,21,23). The average molecular weight is 453 g/mol. The average Bonchev–Trinajstić information content (AvgIpc) is 3.36. The molecule has 0 bridgehead atoms. The van der Waals surface area contributed by atoms with Crippen LogP contribution in [0.1, 0.15) is 19.5 Å². The summed E-state index contributed by atoms with van der Waals surface area (Å²) >= 11 is 4.38. The fraction of sp³-hybridized carbons (Fsp3) is 0.333. The molecule has 11 heteroatoms. The quantitative estimate of drug-likeness (QED) is 0.361. The highest BCUT2D eigenvalue weighted by molar-refractivity contribution is 8.00. The van der Waals surface area contributed by atoms with Crippen molar-refractivity contribution in [2.75, 3.05) is 25.6 Å². The van der Waals surface area contributed by atoms with E-state index in [9.17, 15) is 4.79 Å². The molecule has 0 saturated carbocycles. The van der Waals surface area contributed by atoms with E-state index >= 15 is 0 Å². The van der Waals surface area contributed by atoms with E-state index < -0.39 is 6.09 Å². The number of anilines is 1. The fourth-order valence-corrected chi connectivity index (χ4v) is 4.84. The molecule has 0 aliphatic heterocycles. The normalized spacial score (nSPS) is 10.6. The van der Waals surface area contributed by atoms with Gasteiger partial charge in [0.05, 0.1) is 26.0 Å². The van der Waals surface area contributed by atoms with Crippen LogP contribution in [0.15, 0.2) is 27.9 Å². The lowest BCUT2D eigenvalue weighted by Crippen LogP contribution is -2.12. The molecule has 0 saturated heterocycles. The second-order valence-electron chi connectivity index (χ2n) is 5.45. The van der Waals surface area contributed by atoms with Crippen LogP contribution in [-0.2, 0) is 10.5 Å².